The number of hydrogen-bond donors (Lipinski definition) is 1. The van der Waals surface area contributed by atoms with Gasteiger partial charge in [-0.1, -0.05) is 22.9 Å². The molecule has 11 heteroatoms. The highest BCUT2D eigenvalue weighted by Crippen LogP contribution is 2.31. The van der Waals surface area contributed by atoms with Crippen LogP contribution in [0.4, 0.5) is 18.3 Å². The second-order valence-electron chi connectivity index (χ2n) is 5.06. The molecule has 0 spiro atoms. The van der Waals surface area contributed by atoms with E-state index >= 15 is 0 Å². The molecule has 136 valence electrons. The maximum absolute atomic E-state index is 12.5. The minimum Gasteiger partial charge on any atom is -0.298 e. The Bertz CT molecular complexity index is 1090. The first-order chi connectivity index (χ1) is 12.1. The monoisotopic (exact) mass is 420 g/mol. The number of alkyl halides is 3. The fourth-order valence-corrected chi connectivity index (χ4v) is 3.94. The zero-order valence-corrected chi connectivity index (χ0v) is 14.9. The van der Waals surface area contributed by atoms with Crippen molar-refractivity contribution >= 4 is 54.0 Å². The van der Waals surface area contributed by atoms with Crippen molar-refractivity contribution in [1.82, 2.24) is 4.98 Å². The molecule has 0 radical (unpaired) electrons. The highest BCUT2D eigenvalue weighted by atomic mass is 35.5. The standard InChI is InChI=1S/C15H8ClF3N2O3S2/c16-9-3-6-11-12(7-9)25-14(20-11)21-13(22)8-1-4-10(5-2-8)26(23,24)15(17,18)19/h1-7H,(H,20,21,22). The Labute approximate surface area is 154 Å². The lowest BCUT2D eigenvalue weighted by atomic mass is 10.2. The summed E-state index contributed by atoms with van der Waals surface area (Å²) >= 11 is 7.05. The molecule has 5 nitrogen and oxygen atoms in total. The first-order valence-corrected chi connectivity index (χ1v) is 9.54. The lowest BCUT2D eigenvalue weighted by molar-refractivity contribution is -0.0436. The molecule has 1 aromatic heterocycles. The zero-order chi connectivity index (χ0) is 19.1. The van der Waals surface area contributed by atoms with Gasteiger partial charge < -0.3 is 0 Å². The smallest absolute Gasteiger partial charge is 0.298 e. The topological polar surface area (TPSA) is 76.1 Å². The Morgan fingerprint density at radius 1 is 1.12 bits per heavy atom. The normalized spacial score (nSPS) is 12.3. The summed E-state index contributed by atoms with van der Waals surface area (Å²) in [6, 6.07) is 8.47. The van der Waals surface area contributed by atoms with Crippen LogP contribution in [0, 0.1) is 0 Å². The van der Waals surface area contributed by atoms with E-state index in [1.165, 1.54) is 11.3 Å². The summed E-state index contributed by atoms with van der Waals surface area (Å²) in [6.45, 7) is 0. The quantitative estimate of drug-likeness (QED) is 0.677. The molecule has 0 saturated carbocycles. The maximum atomic E-state index is 12.5. The van der Waals surface area contributed by atoms with Gasteiger partial charge in [0.2, 0.25) is 0 Å². The van der Waals surface area contributed by atoms with Crippen LogP contribution in [0.25, 0.3) is 10.2 Å². The summed E-state index contributed by atoms with van der Waals surface area (Å²) in [7, 11) is -5.45. The van der Waals surface area contributed by atoms with E-state index in [4.69, 9.17) is 11.6 Å². The largest absolute Gasteiger partial charge is 0.501 e. The molecular formula is C15H8ClF3N2O3S2. The number of nitrogens with one attached hydrogen (secondary N) is 1. The van der Waals surface area contributed by atoms with E-state index < -0.39 is 26.1 Å². The molecule has 1 amide bonds. The van der Waals surface area contributed by atoms with Crippen LogP contribution in [-0.4, -0.2) is 24.8 Å². The molecule has 0 fully saturated rings. The molecule has 0 aliphatic carbocycles. The molecule has 0 atom stereocenters. The minimum atomic E-state index is -5.45. The molecule has 3 rings (SSSR count). The summed E-state index contributed by atoms with van der Waals surface area (Å²) < 4.78 is 60.9. The first kappa shape index (κ1) is 18.6. The number of amides is 1. The van der Waals surface area contributed by atoms with Gasteiger partial charge in [-0.05, 0) is 42.5 Å². The molecule has 0 aliphatic rings. The summed E-state index contributed by atoms with van der Waals surface area (Å²) in [5.41, 5.74) is -4.79. The summed E-state index contributed by atoms with van der Waals surface area (Å²) in [4.78, 5) is 15.4. The van der Waals surface area contributed by atoms with Gasteiger partial charge in [-0.2, -0.15) is 13.2 Å². The first-order valence-electron chi connectivity index (χ1n) is 6.87. The number of fused-ring (bicyclic) bond motifs is 1. The number of benzene rings is 2. The Hall–Kier alpha value is -2.17. The van der Waals surface area contributed by atoms with Crippen LogP contribution in [0.5, 0.6) is 0 Å². The van der Waals surface area contributed by atoms with Crippen LogP contribution >= 0.6 is 22.9 Å². The zero-order valence-electron chi connectivity index (χ0n) is 12.5. The van der Waals surface area contributed by atoms with E-state index in [0.29, 0.717) is 10.5 Å². The average Bonchev–Trinajstić information content (AvgIpc) is 2.95. The summed E-state index contributed by atoms with van der Waals surface area (Å²) in [5.74, 6) is -0.633. The van der Waals surface area contributed by atoms with Crippen molar-refractivity contribution in [2.75, 3.05) is 5.32 Å². The number of rotatable bonds is 3. The fraction of sp³-hybridized carbons (Fsp3) is 0.0667. The van der Waals surface area contributed by atoms with E-state index in [1.807, 2.05) is 0 Å². The molecule has 2 aromatic carbocycles. The van der Waals surface area contributed by atoms with Crippen molar-refractivity contribution in [3.63, 3.8) is 0 Å². The number of hydrogen-bond acceptors (Lipinski definition) is 5. The molecule has 0 aliphatic heterocycles. The van der Waals surface area contributed by atoms with Crippen LogP contribution < -0.4 is 5.32 Å². The van der Waals surface area contributed by atoms with Gasteiger partial charge in [-0.25, -0.2) is 13.4 Å². The van der Waals surface area contributed by atoms with Crippen LogP contribution in [0.1, 0.15) is 10.4 Å². The summed E-state index contributed by atoms with van der Waals surface area (Å²) in [6.07, 6.45) is 0. The number of aromatic nitrogens is 1. The van der Waals surface area contributed by atoms with Crippen molar-refractivity contribution in [1.29, 1.82) is 0 Å². The predicted octanol–water partition coefficient (Wildman–Crippen LogP) is 4.50. The number of carbonyl (C=O) groups excluding carboxylic acids is 1. The van der Waals surface area contributed by atoms with Crippen molar-refractivity contribution in [2.45, 2.75) is 10.4 Å². The molecule has 1 heterocycles. The molecule has 0 unspecified atom stereocenters. The van der Waals surface area contributed by atoms with Gasteiger partial charge in [0.05, 0.1) is 15.1 Å². The van der Waals surface area contributed by atoms with E-state index in [9.17, 15) is 26.4 Å². The van der Waals surface area contributed by atoms with Gasteiger partial charge in [0.25, 0.3) is 15.7 Å². The van der Waals surface area contributed by atoms with Gasteiger partial charge in [0, 0.05) is 10.6 Å². The van der Waals surface area contributed by atoms with Crippen LogP contribution in [0.15, 0.2) is 47.4 Å². The van der Waals surface area contributed by atoms with Crippen molar-refractivity contribution in [3.05, 3.63) is 53.1 Å². The number of sulfone groups is 1. The Kier molecular flexibility index (Phi) is 4.67. The lowest BCUT2D eigenvalue weighted by Crippen LogP contribution is -2.23. The number of thiazole rings is 1. The van der Waals surface area contributed by atoms with Gasteiger partial charge in [0.1, 0.15) is 0 Å². The Morgan fingerprint density at radius 3 is 2.38 bits per heavy atom. The second kappa shape index (κ2) is 6.53. The molecule has 1 N–H and O–H groups in total. The van der Waals surface area contributed by atoms with Gasteiger partial charge in [-0.3, -0.25) is 10.1 Å². The van der Waals surface area contributed by atoms with Gasteiger partial charge >= 0.3 is 5.51 Å². The number of nitrogens with zero attached hydrogens (tertiary/aromatic N) is 1. The van der Waals surface area contributed by atoms with Crippen molar-refractivity contribution < 1.29 is 26.4 Å². The number of halogens is 4. The van der Waals surface area contributed by atoms with E-state index in [-0.39, 0.29) is 10.7 Å². The Balaban J connectivity index is 1.81. The maximum Gasteiger partial charge on any atom is 0.501 e. The van der Waals surface area contributed by atoms with E-state index in [1.54, 1.807) is 18.2 Å². The predicted molar refractivity (Wildman–Crippen MR) is 92.3 cm³/mol. The third-order valence-electron chi connectivity index (χ3n) is 3.30. The van der Waals surface area contributed by atoms with E-state index in [2.05, 4.69) is 10.3 Å². The molecular weight excluding hydrogens is 413 g/mol. The van der Waals surface area contributed by atoms with Gasteiger partial charge in [-0.15, -0.1) is 0 Å². The molecule has 0 bridgehead atoms. The third-order valence-corrected chi connectivity index (χ3v) is 5.97. The van der Waals surface area contributed by atoms with Crippen molar-refractivity contribution in [2.24, 2.45) is 0 Å². The SMILES string of the molecule is O=C(Nc1nc2ccc(Cl)cc2s1)c1ccc(S(=O)(=O)C(F)(F)F)cc1. The fourth-order valence-electron chi connectivity index (χ4n) is 2.04. The second-order valence-corrected chi connectivity index (χ2v) is 8.47. The minimum absolute atomic E-state index is 0.0107. The number of carbonyl (C=O) groups is 1. The highest BCUT2D eigenvalue weighted by Gasteiger charge is 2.46. The third kappa shape index (κ3) is 3.53. The Morgan fingerprint density at radius 2 is 1.77 bits per heavy atom. The van der Waals surface area contributed by atoms with Gasteiger partial charge in [0.15, 0.2) is 5.13 Å². The number of anilines is 1. The van der Waals surface area contributed by atoms with Crippen LogP contribution in [0.3, 0.4) is 0 Å². The lowest BCUT2D eigenvalue weighted by Gasteiger charge is -2.08. The van der Waals surface area contributed by atoms with E-state index in [0.717, 1.165) is 29.0 Å². The molecule has 26 heavy (non-hydrogen) atoms. The van der Waals surface area contributed by atoms with Crippen LogP contribution in [0.2, 0.25) is 5.02 Å². The summed E-state index contributed by atoms with van der Waals surface area (Å²) in [5, 5.41) is 3.30. The molecule has 0 saturated heterocycles. The highest BCUT2D eigenvalue weighted by molar-refractivity contribution is 7.92. The van der Waals surface area contributed by atoms with Crippen molar-refractivity contribution in [3.8, 4) is 0 Å². The van der Waals surface area contributed by atoms with Crippen LogP contribution in [-0.2, 0) is 9.84 Å². The average molecular weight is 421 g/mol. The molecule has 3 aromatic rings.